The van der Waals surface area contributed by atoms with E-state index in [1.54, 1.807) is 13.0 Å². The number of aryl methyl sites for hydroxylation is 1. The first-order chi connectivity index (χ1) is 5.68. The lowest BCUT2D eigenvalue weighted by Gasteiger charge is -1.93. The van der Waals surface area contributed by atoms with Crippen molar-refractivity contribution in [1.82, 2.24) is 19.6 Å². The Morgan fingerprint density at radius 3 is 3.08 bits per heavy atom. The third-order valence-corrected chi connectivity index (χ3v) is 1.81. The molecule has 0 unspecified atom stereocenters. The van der Waals surface area contributed by atoms with Crippen LogP contribution in [0.4, 0.5) is 0 Å². The summed E-state index contributed by atoms with van der Waals surface area (Å²) in [5.74, 6) is 0.583. The average molecular weight is 182 g/mol. The Labute approximate surface area is 72.1 Å². The van der Waals surface area contributed by atoms with Gasteiger partial charge in [0.05, 0.1) is 0 Å². The molecule has 0 bridgehead atoms. The van der Waals surface area contributed by atoms with Crippen LogP contribution in [0.1, 0.15) is 5.82 Å². The molecule has 2 heterocycles. The molecule has 0 saturated carbocycles. The third-order valence-electron chi connectivity index (χ3n) is 1.60. The van der Waals surface area contributed by atoms with E-state index in [0.717, 1.165) is 0 Å². The van der Waals surface area contributed by atoms with Crippen molar-refractivity contribution in [3.63, 3.8) is 0 Å². The van der Waals surface area contributed by atoms with Gasteiger partial charge in [-0.2, -0.15) is 0 Å². The zero-order chi connectivity index (χ0) is 8.72. The number of H-pyrrole nitrogens is 2. The van der Waals surface area contributed by atoms with Crippen LogP contribution in [0.2, 0.25) is 0 Å². The van der Waals surface area contributed by atoms with E-state index in [9.17, 15) is 4.79 Å². The topological polar surface area (TPSA) is 66.0 Å². The van der Waals surface area contributed by atoms with E-state index in [2.05, 4.69) is 15.2 Å². The van der Waals surface area contributed by atoms with Gasteiger partial charge in [0, 0.05) is 6.07 Å². The molecular weight excluding hydrogens is 176 g/mol. The highest BCUT2D eigenvalue weighted by Gasteiger charge is 2.00. The molecule has 5 nitrogen and oxygen atoms in total. The van der Waals surface area contributed by atoms with E-state index >= 15 is 0 Å². The molecule has 0 saturated heterocycles. The number of aromatic amines is 2. The zero-order valence-electron chi connectivity index (χ0n) is 6.29. The molecule has 0 spiro atoms. The highest BCUT2D eigenvalue weighted by Crippen LogP contribution is 1.97. The average Bonchev–Trinajstić information content (AvgIpc) is 2.31. The second-order valence-corrected chi connectivity index (χ2v) is 2.84. The smallest absolute Gasteiger partial charge is 0.281 e. The molecule has 2 N–H and O–H groups in total. The Hall–Kier alpha value is -1.43. The van der Waals surface area contributed by atoms with Crippen LogP contribution < -0.4 is 5.69 Å². The van der Waals surface area contributed by atoms with E-state index in [-0.39, 0.29) is 5.69 Å². The number of nitrogens with one attached hydrogen (secondary N) is 2. The summed E-state index contributed by atoms with van der Waals surface area (Å²) in [5.41, 5.74) is 0.405. The van der Waals surface area contributed by atoms with Gasteiger partial charge in [0.1, 0.15) is 16.1 Å². The van der Waals surface area contributed by atoms with Crippen molar-refractivity contribution in [3.8, 4) is 0 Å². The van der Waals surface area contributed by atoms with Crippen molar-refractivity contribution < 1.29 is 0 Å². The predicted octanol–water partition coefficient (Wildman–Crippen LogP) is 0.389. The maximum Gasteiger partial charge on any atom is 0.347 e. The summed E-state index contributed by atoms with van der Waals surface area (Å²) in [6.07, 6.45) is 0. The van der Waals surface area contributed by atoms with Crippen LogP contribution in [0.15, 0.2) is 10.9 Å². The Balaban J connectivity index is 3.13. The lowest BCUT2D eigenvalue weighted by atomic mass is 10.5. The molecule has 0 fully saturated rings. The molecule has 0 aromatic carbocycles. The van der Waals surface area contributed by atoms with Gasteiger partial charge in [-0.25, -0.2) is 19.3 Å². The summed E-state index contributed by atoms with van der Waals surface area (Å²) in [6, 6.07) is 1.63. The number of hydrogen-bond acceptors (Lipinski definition) is 3. The molecule has 6 heteroatoms. The van der Waals surface area contributed by atoms with Gasteiger partial charge in [0.15, 0.2) is 0 Å². The zero-order valence-corrected chi connectivity index (χ0v) is 7.10. The normalized spacial score (nSPS) is 10.8. The van der Waals surface area contributed by atoms with Crippen molar-refractivity contribution in [2.24, 2.45) is 0 Å². The standard InChI is InChI=1S/C6H6N4OS/c1-3-7-5(12)2-4-8-9-6(11)10(3)4/h2,8H,1H3,(H,9,11). The molecular formula is C6H6N4OS. The van der Waals surface area contributed by atoms with Gasteiger partial charge in [-0.15, -0.1) is 0 Å². The molecule has 0 aliphatic carbocycles. The fraction of sp³-hybridized carbons (Fsp3) is 0.167. The first-order valence-corrected chi connectivity index (χ1v) is 3.76. The van der Waals surface area contributed by atoms with Crippen molar-refractivity contribution in [2.75, 3.05) is 0 Å². The number of fused-ring (bicyclic) bond motifs is 1. The van der Waals surface area contributed by atoms with Crippen LogP contribution in [0.3, 0.4) is 0 Å². The van der Waals surface area contributed by atoms with Gasteiger partial charge in [-0.05, 0) is 6.92 Å². The van der Waals surface area contributed by atoms with Gasteiger partial charge in [0.25, 0.3) is 0 Å². The number of nitrogens with zero attached hydrogens (tertiary/aromatic N) is 2. The Kier molecular flexibility index (Phi) is 1.37. The Morgan fingerprint density at radius 1 is 1.58 bits per heavy atom. The molecule has 12 heavy (non-hydrogen) atoms. The van der Waals surface area contributed by atoms with Gasteiger partial charge < -0.3 is 0 Å². The minimum Gasteiger partial charge on any atom is -0.281 e. The van der Waals surface area contributed by atoms with Crippen LogP contribution in [0.25, 0.3) is 5.65 Å². The summed E-state index contributed by atoms with van der Waals surface area (Å²) >= 11 is 4.88. The SMILES string of the molecule is Cc1nc(=S)cc2[nH][nH]c(=O)n12. The van der Waals surface area contributed by atoms with Crippen molar-refractivity contribution >= 4 is 17.9 Å². The predicted molar refractivity (Wildman–Crippen MR) is 45.7 cm³/mol. The maximum absolute atomic E-state index is 11.1. The number of aromatic nitrogens is 4. The third kappa shape index (κ3) is 0.884. The molecule has 0 atom stereocenters. The van der Waals surface area contributed by atoms with E-state index in [1.165, 1.54) is 4.40 Å². The minimum absolute atomic E-state index is 0.231. The molecule has 0 radical (unpaired) electrons. The molecule has 0 amide bonds. The van der Waals surface area contributed by atoms with E-state index < -0.39 is 0 Å². The van der Waals surface area contributed by atoms with E-state index in [1.807, 2.05) is 0 Å². The molecule has 2 aromatic heterocycles. The second kappa shape index (κ2) is 2.28. The van der Waals surface area contributed by atoms with E-state index in [4.69, 9.17) is 12.2 Å². The van der Waals surface area contributed by atoms with Crippen LogP contribution >= 0.6 is 12.2 Å². The van der Waals surface area contributed by atoms with Crippen molar-refractivity contribution in [3.05, 3.63) is 27.0 Å². The first kappa shape index (κ1) is 7.23. The van der Waals surface area contributed by atoms with Gasteiger partial charge >= 0.3 is 5.69 Å². The highest BCUT2D eigenvalue weighted by molar-refractivity contribution is 7.71. The molecule has 2 rings (SSSR count). The molecule has 62 valence electrons. The lowest BCUT2D eigenvalue weighted by Crippen LogP contribution is -2.12. The van der Waals surface area contributed by atoms with Gasteiger partial charge in [-0.1, -0.05) is 12.2 Å². The molecule has 0 aliphatic heterocycles. The maximum atomic E-state index is 11.1. The summed E-state index contributed by atoms with van der Waals surface area (Å²) in [7, 11) is 0. The summed E-state index contributed by atoms with van der Waals surface area (Å²) in [6.45, 7) is 1.73. The van der Waals surface area contributed by atoms with E-state index in [0.29, 0.717) is 16.1 Å². The Morgan fingerprint density at radius 2 is 2.33 bits per heavy atom. The highest BCUT2D eigenvalue weighted by atomic mass is 32.1. The number of hydrogen-bond donors (Lipinski definition) is 2. The monoisotopic (exact) mass is 182 g/mol. The van der Waals surface area contributed by atoms with Crippen molar-refractivity contribution in [2.45, 2.75) is 6.92 Å². The largest absolute Gasteiger partial charge is 0.347 e. The van der Waals surface area contributed by atoms with Crippen LogP contribution in [0, 0.1) is 11.6 Å². The summed E-state index contributed by atoms with van der Waals surface area (Å²) in [5, 5.41) is 5.13. The van der Waals surface area contributed by atoms with Crippen LogP contribution in [-0.2, 0) is 0 Å². The van der Waals surface area contributed by atoms with Crippen molar-refractivity contribution in [1.29, 1.82) is 0 Å². The fourth-order valence-electron chi connectivity index (χ4n) is 1.12. The minimum atomic E-state index is -0.231. The molecule has 2 aromatic rings. The first-order valence-electron chi connectivity index (χ1n) is 3.35. The Bertz CT molecular complexity index is 534. The van der Waals surface area contributed by atoms with Gasteiger partial charge in [0.2, 0.25) is 0 Å². The molecule has 0 aliphatic rings. The summed E-state index contributed by atoms with van der Waals surface area (Å²) < 4.78 is 1.90. The number of rotatable bonds is 0. The lowest BCUT2D eigenvalue weighted by molar-refractivity contribution is 0.931. The second-order valence-electron chi connectivity index (χ2n) is 2.42. The van der Waals surface area contributed by atoms with Crippen LogP contribution in [0.5, 0.6) is 0 Å². The summed E-state index contributed by atoms with van der Waals surface area (Å²) in [4.78, 5) is 15.1. The fourth-order valence-corrected chi connectivity index (χ4v) is 1.36. The quantitative estimate of drug-likeness (QED) is 0.579. The van der Waals surface area contributed by atoms with Crippen LogP contribution in [-0.4, -0.2) is 19.6 Å². The van der Waals surface area contributed by atoms with Gasteiger partial charge in [-0.3, -0.25) is 5.10 Å².